The summed E-state index contributed by atoms with van der Waals surface area (Å²) in [6, 6.07) is 8.26. The molecule has 180 valence electrons. The van der Waals surface area contributed by atoms with Crippen LogP contribution < -0.4 is 0 Å². The Labute approximate surface area is 189 Å². The SMILES string of the molecule is C=CCOCCOCCOCCOCCOCCOCCOC(=O)C(=O)c1ccccc1. The Balaban J connectivity index is 1.77. The van der Waals surface area contributed by atoms with Crippen molar-refractivity contribution in [3.63, 3.8) is 0 Å². The summed E-state index contributed by atoms with van der Waals surface area (Å²) < 4.78 is 36.8. The molecule has 0 amide bonds. The number of ketones is 1. The summed E-state index contributed by atoms with van der Waals surface area (Å²) >= 11 is 0. The summed E-state index contributed by atoms with van der Waals surface area (Å²) in [5.74, 6) is -1.56. The van der Waals surface area contributed by atoms with Crippen LogP contribution in [0.15, 0.2) is 43.0 Å². The van der Waals surface area contributed by atoms with Crippen molar-refractivity contribution in [3.05, 3.63) is 48.6 Å². The van der Waals surface area contributed by atoms with Crippen molar-refractivity contribution in [2.75, 3.05) is 85.9 Å². The molecule has 0 spiro atoms. The standard InChI is InChI=1S/C23H34O9/c1-2-8-26-9-10-27-11-12-28-13-14-29-15-16-30-17-18-31-19-20-32-23(25)22(24)21-6-4-3-5-7-21/h2-7H,1,8-20H2. The van der Waals surface area contributed by atoms with Gasteiger partial charge < -0.3 is 33.2 Å². The quantitative estimate of drug-likeness (QED) is 0.0852. The van der Waals surface area contributed by atoms with Crippen LogP contribution in [-0.2, 0) is 38.0 Å². The van der Waals surface area contributed by atoms with Gasteiger partial charge in [0, 0.05) is 5.56 Å². The van der Waals surface area contributed by atoms with Crippen LogP contribution in [0.4, 0.5) is 0 Å². The van der Waals surface area contributed by atoms with Crippen LogP contribution >= 0.6 is 0 Å². The summed E-state index contributed by atoms with van der Waals surface area (Å²) in [5.41, 5.74) is 0.302. The van der Waals surface area contributed by atoms with Crippen molar-refractivity contribution in [2.24, 2.45) is 0 Å². The predicted molar refractivity (Wildman–Crippen MR) is 117 cm³/mol. The van der Waals surface area contributed by atoms with Crippen LogP contribution in [0, 0.1) is 0 Å². The van der Waals surface area contributed by atoms with Crippen molar-refractivity contribution >= 4 is 11.8 Å². The largest absolute Gasteiger partial charge is 0.457 e. The number of carbonyl (C=O) groups is 2. The molecule has 0 saturated heterocycles. The number of hydrogen-bond donors (Lipinski definition) is 0. The maximum Gasteiger partial charge on any atom is 0.379 e. The molecule has 0 N–H and O–H groups in total. The van der Waals surface area contributed by atoms with E-state index in [0.717, 1.165) is 0 Å². The van der Waals surface area contributed by atoms with E-state index in [1.807, 2.05) is 0 Å². The number of hydrogen-bond acceptors (Lipinski definition) is 9. The van der Waals surface area contributed by atoms with Gasteiger partial charge in [0.1, 0.15) is 6.61 Å². The van der Waals surface area contributed by atoms with E-state index < -0.39 is 11.8 Å². The Bertz CT molecular complexity index is 607. The zero-order valence-corrected chi connectivity index (χ0v) is 18.5. The fourth-order valence-corrected chi connectivity index (χ4v) is 2.23. The third-order valence-electron chi connectivity index (χ3n) is 3.78. The molecular weight excluding hydrogens is 420 g/mol. The lowest BCUT2D eigenvalue weighted by Crippen LogP contribution is -2.20. The lowest BCUT2D eigenvalue weighted by Gasteiger charge is -2.08. The lowest BCUT2D eigenvalue weighted by atomic mass is 10.1. The van der Waals surface area contributed by atoms with Crippen molar-refractivity contribution in [2.45, 2.75) is 0 Å². The number of rotatable bonds is 22. The first-order valence-corrected chi connectivity index (χ1v) is 10.6. The van der Waals surface area contributed by atoms with E-state index in [1.54, 1.807) is 36.4 Å². The Kier molecular flexibility index (Phi) is 18.1. The summed E-state index contributed by atoms with van der Waals surface area (Å²) in [7, 11) is 0. The van der Waals surface area contributed by atoms with Crippen LogP contribution in [0.3, 0.4) is 0 Å². The summed E-state index contributed by atoms with van der Waals surface area (Å²) in [5, 5.41) is 0. The van der Waals surface area contributed by atoms with Gasteiger partial charge in [0.25, 0.3) is 5.78 Å². The summed E-state index contributed by atoms with van der Waals surface area (Å²) in [6.45, 7) is 9.02. The molecule has 0 heterocycles. The molecule has 1 rings (SSSR count). The molecular formula is C23H34O9. The van der Waals surface area contributed by atoms with Crippen molar-refractivity contribution in [1.29, 1.82) is 0 Å². The first-order chi connectivity index (χ1) is 15.8. The number of benzene rings is 1. The minimum atomic E-state index is -0.890. The Morgan fingerprint density at radius 3 is 1.47 bits per heavy atom. The highest BCUT2D eigenvalue weighted by Gasteiger charge is 2.16. The van der Waals surface area contributed by atoms with E-state index in [1.165, 1.54) is 0 Å². The van der Waals surface area contributed by atoms with Crippen LogP contribution in [0.1, 0.15) is 10.4 Å². The maximum absolute atomic E-state index is 11.8. The highest BCUT2D eigenvalue weighted by Crippen LogP contribution is 2.01. The van der Waals surface area contributed by atoms with Gasteiger partial charge in [-0.05, 0) is 0 Å². The average Bonchev–Trinajstić information content (AvgIpc) is 2.82. The van der Waals surface area contributed by atoms with E-state index in [-0.39, 0.29) is 13.2 Å². The molecule has 0 saturated carbocycles. The van der Waals surface area contributed by atoms with Gasteiger partial charge in [0.2, 0.25) is 0 Å². The minimum absolute atomic E-state index is 0.00858. The average molecular weight is 455 g/mol. The van der Waals surface area contributed by atoms with Gasteiger partial charge in [-0.1, -0.05) is 36.4 Å². The van der Waals surface area contributed by atoms with Crippen LogP contribution in [0.5, 0.6) is 0 Å². The molecule has 0 fully saturated rings. The molecule has 0 atom stereocenters. The molecule has 0 aliphatic heterocycles. The second-order valence-corrected chi connectivity index (χ2v) is 6.26. The number of carbonyl (C=O) groups excluding carboxylic acids is 2. The predicted octanol–water partition coefficient (Wildman–Crippen LogP) is 1.70. The van der Waals surface area contributed by atoms with Gasteiger partial charge in [-0.15, -0.1) is 6.58 Å². The highest BCUT2D eigenvalue weighted by molar-refractivity contribution is 6.40. The summed E-state index contributed by atoms with van der Waals surface area (Å²) in [4.78, 5) is 23.5. The molecule has 0 bridgehead atoms. The van der Waals surface area contributed by atoms with E-state index in [0.29, 0.717) is 78.2 Å². The van der Waals surface area contributed by atoms with Crippen LogP contribution in [-0.4, -0.2) is 97.6 Å². The molecule has 0 unspecified atom stereocenters. The lowest BCUT2D eigenvalue weighted by molar-refractivity contribution is -0.139. The maximum atomic E-state index is 11.8. The number of esters is 1. The monoisotopic (exact) mass is 454 g/mol. The van der Waals surface area contributed by atoms with Crippen molar-refractivity contribution < 1.29 is 42.7 Å². The van der Waals surface area contributed by atoms with Gasteiger partial charge in [-0.3, -0.25) is 4.79 Å². The normalized spacial score (nSPS) is 10.8. The fraction of sp³-hybridized carbons (Fsp3) is 0.565. The zero-order chi connectivity index (χ0) is 23.1. The molecule has 0 radical (unpaired) electrons. The first kappa shape index (κ1) is 27.9. The van der Waals surface area contributed by atoms with Gasteiger partial charge in [0.15, 0.2) is 0 Å². The number of Topliss-reactive ketones (excluding diaryl/α,β-unsaturated/α-hetero) is 1. The van der Waals surface area contributed by atoms with Crippen molar-refractivity contribution in [3.8, 4) is 0 Å². The highest BCUT2D eigenvalue weighted by atomic mass is 16.6. The minimum Gasteiger partial charge on any atom is -0.457 e. The van der Waals surface area contributed by atoms with E-state index in [2.05, 4.69) is 6.58 Å². The smallest absolute Gasteiger partial charge is 0.379 e. The van der Waals surface area contributed by atoms with E-state index in [9.17, 15) is 9.59 Å². The third-order valence-corrected chi connectivity index (χ3v) is 3.78. The van der Waals surface area contributed by atoms with Crippen molar-refractivity contribution in [1.82, 2.24) is 0 Å². The molecule has 0 aromatic heterocycles. The zero-order valence-electron chi connectivity index (χ0n) is 18.5. The van der Waals surface area contributed by atoms with Crippen LogP contribution in [0.25, 0.3) is 0 Å². The molecule has 0 aliphatic rings. The van der Waals surface area contributed by atoms with E-state index in [4.69, 9.17) is 33.2 Å². The van der Waals surface area contributed by atoms with Gasteiger partial charge in [0.05, 0.1) is 79.3 Å². The molecule has 32 heavy (non-hydrogen) atoms. The fourth-order valence-electron chi connectivity index (χ4n) is 2.23. The second-order valence-electron chi connectivity index (χ2n) is 6.26. The second kappa shape index (κ2) is 20.7. The Morgan fingerprint density at radius 1 is 0.625 bits per heavy atom. The Morgan fingerprint density at radius 2 is 1.03 bits per heavy atom. The van der Waals surface area contributed by atoms with Crippen LogP contribution in [0.2, 0.25) is 0 Å². The Hall–Kier alpha value is -2.14. The number of ether oxygens (including phenoxy) is 7. The third kappa shape index (κ3) is 15.6. The molecule has 1 aromatic carbocycles. The van der Waals surface area contributed by atoms with Gasteiger partial charge >= 0.3 is 5.97 Å². The van der Waals surface area contributed by atoms with E-state index >= 15 is 0 Å². The molecule has 9 heteroatoms. The first-order valence-electron chi connectivity index (χ1n) is 10.6. The summed E-state index contributed by atoms with van der Waals surface area (Å²) in [6.07, 6.45) is 1.70. The van der Waals surface area contributed by atoms with Gasteiger partial charge in [-0.2, -0.15) is 0 Å². The topological polar surface area (TPSA) is 98.8 Å². The molecule has 0 aliphatic carbocycles. The molecule has 9 nitrogen and oxygen atoms in total. The van der Waals surface area contributed by atoms with Gasteiger partial charge in [-0.25, -0.2) is 4.79 Å². The molecule has 1 aromatic rings.